The molecule has 3 N–H and O–H groups in total. The van der Waals surface area contributed by atoms with Crippen molar-refractivity contribution in [3.05, 3.63) is 0 Å². The molecule has 0 radical (unpaired) electrons. The summed E-state index contributed by atoms with van der Waals surface area (Å²) in [4.78, 5) is 2.47. The third-order valence-electron chi connectivity index (χ3n) is 4.57. The van der Waals surface area contributed by atoms with E-state index in [-0.39, 0.29) is 5.41 Å². The minimum absolute atomic E-state index is 0.0939. The van der Waals surface area contributed by atoms with Crippen LogP contribution >= 0.6 is 0 Å². The number of hydrogen-bond acceptors (Lipinski definition) is 3. The van der Waals surface area contributed by atoms with Crippen LogP contribution in [-0.4, -0.2) is 41.3 Å². The molecule has 0 bridgehead atoms. The Labute approximate surface area is 85.3 Å². The van der Waals surface area contributed by atoms with Gasteiger partial charge in [-0.2, -0.15) is 0 Å². The van der Waals surface area contributed by atoms with Crippen molar-refractivity contribution in [2.45, 2.75) is 43.7 Å². The van der Waals surface area contributed by atoms with Crippen molar-refractivity contribution in [3.63, 3.8) is 0 Å². The maximum Gasteiger partial charge on any atom is 0.0854 e. The fraction of sp³-hybridized carbons (Fsp3) is 1.00. The molecule has 0 aromatic carbocycles. The maximum atomic E-state index is 10.6. The molecule has 3 heteroatoms. The van der Waals surface area contributed by atoms with E-state index in [2.05, 4.69) is 4.90 Å². The average molecular weight is 196 g/mol. The fourth-order valence-electron chi connectivity index (χ4n) is 3.02. The first-order chi connectivity index (χ1) is 6.69. The molecule has 80 valence electrons. The maximum absolute atomic E-state index is 10.6. The van der Waals surface area contributed by atoms with Gasteiger partial charge >= 0.3 is 0 Å². The lowest BCUT2D eigenvalue weighted by molar-refractivity contribution is -0.0200. The van der Waals surface area contributed by atoms with Gasteiger partial charge in [-0.05, 0) is 32.1 Å². The fourth-order valence-corrected chi connectivity index (χ4v) is 3.02. The van der Waals surface area contributed by atoms with Gasteiger partial charge in [0.1, 0.15) is 0 Å². The molecule has 0 amide bonds. The van der Waals surface area contributed by atoms with E-state index in [1.165, 1.54) is 12.8 Å². The van der Waals surface area contributed by atoms with Gasteiger partial charge in [0.15, 0.2) is 0 Å². The monoisotopic (exact) mass is 196 g/mol. The molecule has 1 saturated heterocycles. The Morgan fingerprint density at radius 1 is 1.29 bits per heavy atom. The number of nitrogens with two attached hydrogens (primary N) is 1. The van der Waals surface area contributed by atoms with Gasteiger partial charge in [-0.3, -0.25) is 4.90 Å². The Kier molecular flexibility index (Phi) is 1.77. The lowest BCUT2D eigenvalue weighted by Crippen LogP contribution is -2.46. The summed E-state index contributed by atoms with van der Waals surface area (Å²) in [5.41, 5.74) is 5.43. The Bertz CT molecular complexity index is 248. The van der Waals surface area contributed by atoms with Crippen molar-refractivity contribution < 1.29 is 5.11 Å². The third-order valence-corrected chi connectivity index (χ3v) is 4.57. The number of β-amino-alcohol motifs (C(OH)–C–C–N with tert-alkyl or cyclic N) is 1. The van der Waals surface area contributed by atoms with Gasteiger partial charge in [0, 0.05) is 31.1 Å². The minimum atomic E-state index is -0.454. The Hall–Kier alpha value is -0.120. The summed E-state index contributed by atoms with van der Waals surface area (Å²) in [6.07, 6.45) is 5.90. The van der Waals surface area contributed by atoms with E-state index in [0.717, 1.165) is 38.4 Å². The molecule has 2 aliphatic carbocycles. The second-order valence-electron chi connectivity index (χ2n) is 5.47. The highest BCUT2D eigenvalue weighted by molar-refractivity contribution is 5.13. The normalized spacial score (nSPS) is 41.6. The molecule has 1 unspecified atom stereocenters. The van der Waals surface area contributed by atoms with Crippen molar-refractivity contribution in [1.82, 2.24) is 4.90 Å². The van der Waals surface area contributed by atoms with E-state index < -0.39 is 5.60 Å². The number of hydrogen-bond donors (Lipinski definition) is 2. The second-order valence-corrected chi connectivity index (χ2v) is 5.47. The van der Waals surface area contributed by atoms with Gasteiger partial charge in [-0.1, -0.05) is 0 Å². The standard InChI is InChI=1S/C11H20N2O/c12-7-10(3-4-10)11(14)5-6-13(8-11)9-1-2-9/h9,14H,1-8,12H2. The SMILES string of the molecule is NCC1(C2(O)CCN(C3CC3)C2)CC1. The van der Waals surface area contributed by atoms with Gasteiger partial charge in [0.2, 0.25) is 0 Å². The molecule has 14 heavy (non-hydrogen) atoms. The predicted octanol–water partition coefficient (Wildman–Crippen LogP) is 0.324. The van der Waals surface area contributed by atoms with Gasteiger partial charge < -0.3 is 10.8 Å². The predicted molar refractivity (Wildman–Crippen MR) is 54.9 cm³/mol. The van der Waals surface area contributed by atoms with E-state index >= 15 is 0 Å². The largest absolute Gasteiger partial charge is 0.388 e. The van der Waals surface area contributed by atoms with Gasteiger partial charge in [-0.25, -0.2) is 0 Å². The van der Waals surface area contributed by atoms with E-state index in [1.807, 2.05) is 0 Å². The molecule has 1 aliphatic heterocycles. The highest BCUT2D eigenvalue weighted by atomic mass is 16.3. The van der Waals surface area contributed by atoms with E-state index in [4.69, 9.17) is 5.73 Å². The summed E-state index contributed by atoms with van der Waals surface area (Å²) in [6.45, 7) is 2.64. The molecule has 3 rings (SSSR count). The molecule has 3 nitrogen and oxygen atoms in total. The topological polar surface area (TPSA) is 49.5 Å². The quantitative estimate of drug-likeness (QED) is 0.683. The first-order valence-corrected chi connectivity index (χ1v) is 5.86. The van der Waals surface area contributed by atoms with Gasteiger partial charge in [0.25, 0.3) is 0 Å². The summed E-state index contributed by atoms with van der Waals surface area (Å²) in [5, 5.41) is 10.6. The van der Waals surface area contributed by atoms with Crippen LogP contribution in [0.25, 0.3) is 0 Å². The lowest BCUT2D eigenvalue weighted by atomic mass is 9.83. The van der Waals surface area contributed by atoms with E-state index in [0.29, 0.717) is 6.54 Å². The van der Waals surface area contributed by atoms with E-state index in [1.54, 1.807) is 0 Å². The van der Waals surface area contributed by atoms with Crippen molar-refractivity contribution in [3.8, 4) is 0 Å². The molecule has 2 saturated carbocycles. The molecule has 0 aromatic rings. The highest BCUT2D eigenvalue weighted by Crippen LogP contribution is 2.57. The van der Waals surface area contributed by atoms with Crippen LogP contribution in [0.2, 0.25) is 0 Å². The first-order valence-electron chi connectivity index (χ1n) is 5.86. The number of rotatable bonds is 3. The number of nitrogens with zero attached hydrogens (tertiary/aromatic N) is 1. The second kappa shape index (κ2) is 2.71. The van der Waals surface area contributed by atoms with Crippen LogP contribution in [0.15, 0.2) is 0 Å². The summed E-state index contributed by atoms with van der Waals surface area (Å²) < 4.78 is 0. The molecular weight excluding hydrogens is 176 g/mol. The van der Waals surface area contributed by atoms with Crippen LogP contribution in [0, 0.1) is 5.41 Å². The Morgan fingerprint density at radius 3 is 2.50 bits per heavy atom. The van der Waals surface area contributed by atoms with Crippen LogP contribution in [0.5, 0.6) is 0 Å². The van der Waals surface area contributed by atoms with Crippen molar-refractivity contribution in [1.29, 1.82) is 0 Å². The zero-order valence-electron chi connectivity index (χ0n) is 8.71. The molecular formula is C11H20N2O. The third kappa shape index (κ3) is 1.16. The smallest absolute Gasteiger partial charge is 0.0854 e. The van der Waals surface area contributed by atoms with Crippen LogP contribution in [0.3, 0.4) is 0 Å². The summed E-state index contributed by atoms with van der Waals surface area (Å²) in [7, 11) is 0. The Balaban J connectivity index is 1.72. The highest BCUT2D eigenvalue weighted by Gasteiger charge is 2.60. The van der Waals surface area contributed by atoms with Gasteiger partial charge in [-0.15, -0.1) is 0 Å². The Morgan fingerprint density at radius 2 is 2.00 bits per heavy atom. The summed E-state index contributed by atoms with van der Waals surface area (Å²) in [6, 6.07) is 0.789. The van der Waals surface area contributed by atoms with Crippen LogP contribution in [0.1, 0.15) is 32.1 Å². The van der Waals surface area contributed by atoms with Crippen molar-refractivity contribution in [2.24, 2.45) is 11.1 Å². The zero-order valence-corrected chi connectivity index (χ0v) is 8.71. The zero-order chi connectivity index (χ0) is 9.81. The van der Waals surface area contributed by atoms with Crippen molar-refractivity contribution >= 4 is 0 Å². The van der Waals surface area contributed by atoms with Crippen LogP contribution < -0.4 is 5.73 Å². The van der Waals surface area contributed by atoms with E-state index in [9.17, 15) is 5.11 Å². The molecule has 0 aromatic heterocycles. The summed E-state index contributed by atoms with van der Waals surface area (Å²) >= 11 is 0. The summed E-state index contributed by atoms with van der Waals surface area (Å²) in [5.74, 6) is 0. The average Bonchev–Trinajstić information content (AvgIpc) is 3.08. The number of aliphatic hydroxyl groups is 1. The van der Waals surface area contributed by atoms with Crippen molar-refractivity contribution in [2.75, 3.05) is 19.6 Å². The molecule has 1 atom stereocenters. The molecule has 0 spiro atoms. The minimum Gasteiger partial charge on any atom is -0.388 e. The molecule has 3 fully saturated rings. The molecule has 1 heterocycles. The molecule has 3 aliphatic rings. The van der Waals surface area contributed by atoms with Crippen LogP contribution in [0.4, 0.5) is 0 Å². The van der Waals surface area contributed by atoms with Gasteiger partial charge in [0.05, 0.1) is 5.60 Å². The lowest BCUT2D eigenvalue weighted by Gasteiger charge is -2.32. The first kappa shape index (κ1) is 9.13. The number of likely N-dealkylation sites (tertiary alicyclic amines) is 1. The van der Waals surface area contributed by atoms with Crippen LogP contribution in [-0.2, 0) is 0 Å².